The lowest BCUT2D eigenvalue weighted by molar-refractivity contribution is 0.0525. The van der Waals surface area contributed by atoms with Gasteiger partial charge in [-0.3, -0.25) is 9.36 Å². The first-order valence-corrected chi connectivity index (χ1v) is 14.2. The standard InChI is InChI=1S/C30H33ClN4O4S/c1-8-39-28(37)25-17(2)26(32-18(25)3)23(36)16-40-29-34-33-27(19-9-11-20(12-10-19)30(4,5)6)35(29)21-13-14-24(38-7)22(31)15-21/h9-15,32H,8,16H2,1-7H3. The number of nitrogens with zero attached hydrogens (tertiary/aromatic N) is 3. The summed E-state index contributed by atoms with van der Waals surface area (Å²) in [6.07, 6.45) is 0. The van der Waals surface area contributed by atoms with Crippen LogP contribution in [0.3, 0.4) is 0 Å². The second-order valence-corrected chi connectivity index (χ2v) is 11.7. The summed E-state index contributed by atoms with van der Waals surface area (Å²) >= 11 is 7.73. The number of benzene rings is 2. The van der Waals surface area contributed by atoms with E-state index in [4.69, 9.17) is 21.1 Å². The van der Waals surface area contributed by atoms with Gasteiger partial charge in [-0.1, -0.05) is 68.4 Å². The number of thioether (sulfide) groups is 1. The molecule has 0 aliphatic heterocycles. The number of ketones is 1. The molecule has 40 heavy (non-hydrogen) atoms. The number of aromatic amines is 1. The predicted octanol–water partition coefficient (Wildman–Crippen LogP) is 6.99. The lowest BCUT2D eigenvalue weighted by atomic mass is 9.87. The SMILES string of the molecule is CCOC(=O)c1c(C)[nH]c(C(=O)CSc2nnc(-c3ccc(C(C)(C)C)cc3)n2-c2ccc(OC)c(Cl)c2)c1C. The molecule has 4 aromatic rings. The Bertz CT molecular complexity index is 1550. The van der Waals surface area contributed by atoms with E-state index < -0.39 is 5.97 Å². The van der Waals surface area contributed by atoms with E-state index in [1.54, 1.807) is 40.0 Å². The average molecular weight is 581 g/mol. The molecule has 0 saturated heterocycles. The third-order valence-corrected chi connectivity index (χ3v) is 7.79. The zero-order chi connectivity index (χ0) is 29.2. The highest BCUT2D eigenvalue weighted by atomic mass is 35.5. The van der Waals surface area contributed by atoms with Gasteiger partial charge in [-0.05, 0) is 55.5 Å². The zero-order valence-corrected chi connectivity index (χ0v) is 25.3. The van der Waals surface area contributed by atoms with Crippen LogP contribution in [0.4, 0.5) is 0 Å². The van der Waals surface area contributed by atoms with Crippen LogP contribution in [0, 0.1) is 13.8 Å². The summed E-state index contributed by atoms with van der Waals surface area (Å²) in [4.78, 5) is 28.7. The number of ether oxygens (including phenoxy) is 2. The first-order valence-electron chi connectivity index (χ1n) is 12.9. The average Bonchev–Trinajstić information content (AvgIpc) is 3.47. The molecule has 2 aromatic carbocycles. The van der Waals surface area contributed by atoms with Crippen molar-refractivity contribution in [3.8, 4) is 22.8 Å². The van der Waals surface area contributed by atoms with E-state index in [-0.39, 0.29) is 23.6 Å². The van der Waals surface area contributed by atoms with Gasteiger partial charge >= 0.3 is 5.97 Å². The summed E-state index contributed by atoms with van der Waals surface area (Å²) in [5.41, 5.74) is 4.77. The van der Waals surface area contributed by atoms with Crippen molar-refractivity contribution < 1.29 is 19.1 Å². The minimum atomic E-state index is -0.446. The maximum absolute atomic E-state index is 13.3. The smallest absolute Gasteiger partial charge is 0.340 e. The Morgan fingerprint density at radius 3 is 2.38 bits per heavy atom. The van der Waals surface area contributed by atoms with Gasteiger partial charge in [0.15, 0.2) is 16.8 Å². The maximum Gasteiger partial charge on any atom is 0.340 e. The van der Waals surface area contributed by atoms with Gasteiger partial charge in [0, 0.05) is 11.3 Å². The predicted molar refractivity (Wildman–Crippen MR) is 158 cm³/mol. The number of aromatic nitrogens is 4. The highest BCUT2D eigenvalue weighted by Crippen LogP contribution is 2.34. The van der Waals surface area contributed by atoms with Crippen molar-refractivity contribution in [2.45, 2.75) is 52.1 Å². The van der Waals surface area contributed by atoms with Gasteiger partial charge in [0.2, 0.25) is 0 Å². The fourth-order valence-corrected chi connectivity index (χ4v) is 5.51. The Balaban J connectivity index is 1.69. The van der Waals surface area contributed by atoms with Gasteiger partial charge < -0.3 is 14.5 Å². The number of hydrogen-bond donors (Lipinski definition) is 1. The minimum absolute atomic E-state index is 0.0124. The molecule has 2 aromatic heterocycles. The molecule has 0 radical (unpaired) electrons. The Kier molecular flexibility index (Phi) is 8.75. The number of hydrogen-bond acceptors (Lipinski definition) is 7. The number of carbonyl (C=O) groups excluding carboxylic acids is 2. The highest BCUT2D eigenvalue weighted by Gasteiger charge is 2.24. The number of esters is 1. The molecule has 1 N–H and O–H groups in total. The first-order chi connectivity index (χ1) is 19.0. The lowest BCUT2D eigenvalue weighted by Crippen LogP contribution is -2.10. The van der Waals surface area contributed by atoms with Crippen molar-refractivity contribution in [1.29, 1.82) is 0 Å². The molecular weight excluding hydrogens is 548 g/mol. The third kappa shape index (κ3) is 5.95. The van der Waals surface area contributed by atoms with E-state index in [1.165, 1.54) is 17.3 Å². The van der Waals surface area contributed by atoms with Crippen molar-refractivity contribution in [1.82, 2.24) is 19.7 Å². The van der Waals surface area contributed by atoms with E-state index in [1.807, 2.05) is 22.8 Å². The summed E-state index contributed by atoms with van der Waals surface area (Å²) in [6, 6.07) is 13.7. The number of H-pyrrole nitrogens is 1. The van der Waals surface area contributed by atoms with Crippen LogP contribution in [-0.2, 0) is 10.2 Å². The topological polar surface area (TPSA) is 99.1 Å². The van der Waals surface area contributed by atoms with Gasteiger partial charge in [-0.2, -0.15) is 0 Å². The minimum Gasteiger partial charge on any atom is -0.495 e. The summed E-state index contributed by atoms with van der Waals surface area (Å²) < 4.78 is 12.4. The van der Waals surface area contributed by atoms with E-state index in [0.717, 1.165) is 11.3 Å². The number of aryl methyl sites for hydroxylation is 1. The van der Waals surface area contributed by atoms with Crippen LogP contribution >= 0.6 is 23.4 Å². The molecule has 0 aliphatic rings. The molecule has 0 saturated carbocycles. The Morgan fingerprint density at radius 1 is 1.07 bits per heavy atom. The molecule has 0 unspecified atom stereocenters. The van der Waals surface area contributed by atoms with Crippen LogP contribution in [0.2, 0.25) is 5.02 Å². The third-order valence-electron chi connectivity index (χ3n) is 6.56. The van der Waals surface area contributed by atoms with Crippen LogP contribution in [0.1, 0.15) is 65.4 Å². The molecule has 210 valence electrons. The number of Topliss-reactive ketones (excluding diaryl/α,β-unsaturated/α-hetero) is 1. The summed E-state index contributed by atoms with van der Waals surface area (Å²) in [6.45, 7) is 12.0. The first kappa shape index (κ1) is 29.4. The van der Waals surface area contributed by atoms with Crippen molar-refractivity contribution >= 4 is 35.1 Å². The molecule has 0 bridgehead atoms. The highest BCUT2D eigenvalue weighted by molar-refractivity contribution is 7.99. The molecule has 4 rings (SSSR count). The van der Waals surface area contributed by atoms with Crippen LogP contribution in [0.15, 0.2) is 47.6 Å². The van der Waals surface area contributed by atoms with Crippen molar-refractivity contribution in [3.63, 3.8) is 0 Å². The molecule has 10 heteroatoms. The van der Waals surface area contributed by atoms with Crippen molar-refractivity contribution in [3.05, 3.63) is 75.6 Å². The van der Waals surface area contributed by atoms with Crippen molar-refractivity contribution in [2.75, 3.05) is 19.5 Å². The summed E-state index contributed by atoms with van der Waals surface area (Å²) in [5, 5.41) is 9.90. The fraction of sp³-hybridized carbons (Fsp3) is 0.333. The van der Waals surface area contributed by atoms with Crippen LogP contribution in [0.25, 0.3) is 17.1 Å². The molecule has 8 nitrogen and oxygen atoms in total. The lowest BCUT2D eigenvalue weighted by Gasteiger charge is -2.19. The molecule has 0 atom stereocenters. The molecule has 0 aliphatic carbocycles. The molecule has 2 heterocycles. The second-order valence-electron chi connectivity index (χ2n) is 10.3. The number of nitrogens with one attached hydrogen (secondary N) is 1. The molecule has 0 amide bonds. The molecule has 0 fully saturated rings. The number of carbonyl (C=O) groups is 2. The van der Waals surface area contributed by atoms with Crippen LogP contribution < -0.4 is 4.74 Å². The maximum atomic E-state index is 13.3. The summed E-state index contributed by atoms with van der Waals surface area (Å²) in [5.74, 6) is 0.633. The van der Waals surface area contributed by atoms with E-state index in [0.29, 0.717) is 44.3 Å². The largest absolute Gasteiger partial charge is 0.495 e. The van der Waals surface area contributed by atoms with Crippen LogP contribution in [0.5, 0.6) is 5.75 Å². The fourth-order valence-electron chi connectivity index (χ4n) is 4.44. The Labute approximate surface area is 243 Å². The normalized spacial score (nSPS) is 11.5. The second kappa shape index (κ2) is 11.9. The zero-order valence-electron chi connectivity index (χ0n) is 23.7. The van der Waals surface area contributed by atoms with Gasteiger partial charge in [-0.15, -0.1) is 10.2 Å². The van der Waals surface area contributed by atoms with E-state index >= 15 is 0 Å². The van der Waals surface area contributed by atoms with E-state index in [2.05, 4.69) is 48.1 Å². The van der Waals surface area contributed by atoms with Gasteiger partial charge in [-0.25, -0.2) is 4.79 Å². The monoisotopic (exact) mass is 580 g/mol. The van der Waals surface area contributed by atoms with E-state index in [9.17, 15) is 9.59 Å². The summed E-state index contributed by atoms with van der Waals surface area (Å²) in [7, 11) is 1.56. The van der Waals surface area contributed by atoms with Gasteiger partial charge in [0.1, 0.15) is 5.75 Å². The van der Waals surface area contributed by atoms with Gasteiger partial charge in [0.25, 0.3) is 0 Å². The Hall–Kier alpha value is -3.56. The number of halogens is 1. The van der Waals surface area contributed by atoms with Crippen molar-refractivity contribution in [2.24, 2.45) is 0 Å². The quantitative estimate of drug-likeness (QED) is 0.129. The Morgan fingerprint density at radius 2 is 1.77 bits per heavy atom. The number of rotatable bonds is 9. The molecular formula is C30H33ClN4O4S. The van der Waals surface area contributed by atoms with Gasteiger partial charge in [0.05, 0.1) is 41.4 Å². The number of methoxy groups -OCH3 is 1. The van der Waals surface area contributed by atoms with Crippen LogP contribution in [-0.4, -0.2) is 51.0 Å². The molecule has 0 spiro atoms.